The van der Waals surface area contributed by atoms with Crippen molar-refractivity contribution in [3.05, 3.63) is 0 Å². The molecule has 0 amide bonds. The molecule has 0 aliphatic rings. The lowest BCUT2D eigenvalue weighted by Crippen LogP contribution is -2.44. The Bertz CT molecular complexity index is 426. The van der Waals surface area contributed by atoms with E-state index in [1.54, 1.807) is 0 Å². The van der Waals surface area contributed by atoms with Crippen LogP contribution in [0.25, 0.3) is 0 Å². The molecule has 0 saturated heterocycles. The van der Waals surface area contributed by atoms with Crippen LogP contribution in [0.15, 0.2) is 0 Å². The van der Waals surface area contributed by atoms with Crippen molar-refractivity contribution in [1.82, 2.24) is 4.72 Å². The summed E-state index contributed by atoms with van der Waals surface area (Å²) in [5.74, 6) is -0.0238. The van der Waals surface area contributed by atoms with Gasteiger partial charge in [0.25, 0.3) is 0 Å². The van der Waals surface area contributed by atoms with Gasteiger partial charge in [0.1, 0.15) is 0 Å². The third kappa shape index (κ3) is 6.35. The van der Waals surface area contributed by atoms with E-state index in [1.807, 2.05) is 0 Å². The van der Waals surface area contributed by atoms with Crippen LogP contribution in [0.3, 0.4) is 0 Å². The SMILES string of the molecule is CC(C)(CNS(=O)(=O)CCCCN)S(C)(=O)=O. The predicted octanol–water partition coefficient (Wildman–Crippen LogP) is -0.532. The van der Waals surface area contributed by atoms with Crippen LogP contribution in [0.4, 0.5) is 0 Å². The van der Waals surface area contributed by atoms with Crippen molar-refractivity contribution >= 4 is 19.9 Å². The average molecular weight is 286 g/mol. The van der Waals surface area contributed by atoms with Crippen LogP contribution in [0.2, 0.25) is 0 Å². The van der Waals surface area contributed by atoms with Gasteiger partial charge in [0, 0.05) is 12.8 Å². The first-order valence-electron chi connectivity index (χ1n) is 5.39. The molecule has 0 aliphatic heterocycles. The van der Waals surface area contributed by atoms with E-state index in [2.05, 4.69) is 4.72 Å². The van der Waals surface area contributed by atoms with Gasteiger partial charge in [0.05, 0.1) is 10.5 Å². The minimum Gasteiger partial charge on any atom is -0.330 e. The van der Waals surface area contributed by atoms with Crippen molar-refractivity contribution in [1.29, 1.82) is 0 Å². The molecule has 0 aromatic rings. The quantitative estimate of drug-likeness (QED) is 0.583. The maximum Gasteiger partial charge on any atom is 0.211 e. The fourth-order valence-electron chi connectivity index (χ4n) is 0.923. The average Bonchev–Trinajstić information content (AvgIpc) is 2.14. The second-order valence-corrected chi connectivity index (χ2v) is 9.24. The summed E-state index contributed by atoms with van der Waals surface area (Å²) in [4.78, 5) is 0. The summed E-state index contributed by atoms with van der Waals surface area (Å²) >= 11 is 0. The normalized spacial score (nSPS) is 13.9. The van der Waals surface area contributed by atoms with Crippen LogP contribution >= 0.6 is 0 Å². The van der Waals surface area contributed by atoms with Gasteiger partial charge in [-0.25, -0.2) is 21.6 Å². The lowest BCUT2D eigenvalue weighted by Gasteiger charge is -2.22. The Hall–Kier alpha value is -0.180. The van der Waals surface area contributed by atoms with Crippen molar-refractivity contribution in [2.75, 3.05) is 25.1 Å². The van der Waals surface area contributed by atoms with E-state index < -0.39 is 24.6 Å². The van der Waals surface area contributed by atoms with E-state index in [-0.39, 0.29) is 12.3 Å². The number of unbranched alkanes of at least 4 members (excludes halogenated alkanes) is 1. The number of sulfone groups is 1. The molecular formula is C9H22N2O4S2. The molecule has 17 heavy (non-hydrogen) atoms. The third-order valence-corrected chi connectivity index (χ3v) is 6.15. The van der Waals surface area contributed by atoms with Crippen LogP contribution in [-0.4, -0.2) is 46.7 Å². The molecule has 104 valence electrons. The summed E-state index contributed by atoms with van der Waals surface area (Å²) in [6.45, 7) is 3.32. The summed E-state index contributed by atoms with van der Waals surface area (Å²) in [5.41, 5.74) is 5.26. The molecule has 0 unspecified atom stereocenters. The minimum atomic E-state index is -3.42. The van der Waals surface area contributed by atoms with Crippen LogP contribution in [0, 0.1) is 0 Å². The Morgan fingerprint density at radius 2 is 1.65 bits per heavy atom. The summed E-state index contributed by atoms with van der Waals surface area (Å²) in [7, 11) is -6.71. The van der Waals surface area contributed by atoms with E-state index >= 15 is 0 Å². The lowest BCUT2D eigenvalue weighted by molar-refractivity contribution is 0.536. The van der Waals surface area contributed by atoms with Crippen LogP contribution in [0.5, 0.6) is 0 Å². The smallest absolute Gasteiger partial charge is 0.211 e. The molecule has 0 saturated carbocycles. The lowest BCUT2D eigenvalue weighted by atomic mass is 10.2. The standard InChI is InChI=1S/C9H22N2O4S2/c1-9(2,16(3,12)13)8-11-17(14,15)7-5-4-6-10/h11H,4-8,10H2,1-3H3. The molecule has 0 radical (unpaired) electrons. The van der Waals surface area contributed by atoms with Gasteiger partial charge in [-0.05, 0) is 33.2 Å². The first kappa shape index (κ1) is 16.8. The Morgan fingerprint density at radius 3 is 2.06 bits per heavy atom. The Morgan fingerprint density at radius 1 is 1.12 bits per heavy atom. The Balaban J connectivity index is 4.38. The first-order valence-corrected chi connectivity index (χ1v) is 8.93. The molecule has 6 nitrogen and oxygen atoms in total. The number of sulfonamides is 1. The summed E-state index contributed by atoms with van der Waals surface area (Å²) in [5, 5.41) is 0. The van der Waals surface area contributed by atoms with Crippen LogP contribution in [-0.2, 0) is 19.9 Å². The van der Waals surface area contributed by atoms with Gasteiger partial charge in [-0.1, -0.05) is 0 Å². The molecule has 0 spiro atoms. The van der Waals surface area contributed by atoms with Gasteiger partial charge < -0.3 is 5.73 Å². The maximum atomic E-state index is 11.5. The zero-order valence-electron chi connectivity index (χ0n) is 10.6. The topological polar surface area (TPSA) is 106 Å². The van der Waals surface area contributed by atoms with Gasteiger partial charge >= 0.3 is 0 Å². The fraction of sp³-hybridized carbons (Fsp3) is 1.00. The molecule has 0 aromatic carbocycles. The highest BCUT2D eigenvalue weighted by atomic mass is 32.2. The zero-order chi connectivity index (χ0) is 13.7. The monoisotopic (exact) mass is 286 g/mol. The summed E-state index contributed by atoms with van der Waals surface area (Å²) in [6.07, 6.45) is 2.21. The van der Waals surface area contributed by atoms with Gasteiger partial charge in [0.15, 0.2) is 9.84 Å². The van der Waals surface area contributed by atoms with Gasteiger partial charge in [0.2, 0.25) is 10.0 Å². The molecule has 0 fully saturated rings. The highest BCUT2D eigenvalue weighted by Gasteiger charge is 2.31. The van der Waals surface area contributed by atoms with Crippen LogP contribution in [0.1, 0.15) is 26.7 Å². The van der Waals surface area contributed by atoms with Crippen molar-refractivity contribution in [3.8, 4) is 0 Å². The predicted molar refractivity (Wildman–Crippen MR) is 69.0 cm³/mol. The summed E-state index contributed by atoms with van der Waals surface area (Å²) < 4.78 is 47.0. The number of nitrogens with two attached hydrogens (primary N) is 1. The molecule has 0 rings (SSSR count). The molecule has 0 heterocycles. The summed E-state index contributed by atoms with van der Waals surface area (Å²) in [6, 6.07) is 0. The highest BCUT2D eigenvalue weighted by Crippen LogP contribution is 2.13. The Kier molecular flexibility index (Phi) is 6.06. The molecule has 0 atom stereocenters. The van der Waals surface area contributed by atoms with Crippen molar-refractivity contribution in [3.63, 3.8) is 0 Å². The maximum absolute atomic E-state index is 11.5. The van der Waals surface area contributed by atoms with E-state index in [0.717, 1.165) is 6.26 Å². The van der Waals surface area contributed by atoms with Gasteiger partial charge in [-0.3, -0.25) is 0 Å². The Labute approximate surface area is 104 Å². The second kappa shape index (κ2) is 6.12. The number of hydrogen-bond acceptors (Lipinski definition) is 5. The van der Waals surface area contributed by atoms with E-state index in [9.17, 15) is 16.8 Å². The van der Waals surface area contributed by atoms with Crippen LogP contribution < -0.4 is 10.5 Å². The first-order chi connectivity index (χ1) is 7.52. The largest absolute Gasteiger partial charge is 0.330 e. The molecule has 3 N–H and O–H groups in total. The zero-order valence-corrected chi connectivity index (χ0v) is 12.2. The van der Waals surface area contributed by atoms with E-state index in [1.165, 1.54) is 13.8 Å². The van der Waals surface area contributed by atoms with Crippen molar-refractivity contribution in [2.45, 2.75) is 31.4 Å². The number of hydrogen-bond donors (Lipinski definition) is 2. The van der Waals surface area contributed by atoms with E-state index in [0.29, 0.717) is 19.4 Å². The molecule has 8 heteroatoms. The molecule has 0 bridgehead atoms. The van der Waals surface area contributed by atoms with E-state index in [4.69, 9.17) is 5.73 Å². The third-order valence-electron chi connectivity index (χ3n) is 2.59. The van der Waals surface area contributed by atoms with Gasteiger partial charge in [-0.2, -0.15) is 0 Å². The van der Waals surface area contributed by atoms with Crippen molar-refractivity contribution in [2.24, 2.45) is 5.73 Å². The molecule has 0 aliphatic carbocycles. The molecule has 0 aromatic heterocycles. The fourth-order valence-corrected chi connectivity index (χ4v) is 2.66. The van der Waals surface area contributed by atoms with Crippen molar-refractivity contribution < 1.29 is 16.8 Å². The highest BCUT2D eigenvalue weighted by molar-refractivity contribution is 7.92. The molecular weight excluding hydrogens is 264 g/mol. The van der Waals surface area contributed by atoms with Gasteiger partial charge in [-0.15, -0.1) is 0 Å². The number of nitrogens with one attached hydrogen (secondary N) is 1. The minimum absolute atomic E-state index is 0.0238. The second-order valence-electron chi connectivity index (χ2n) is 4.67. The number of rotatable bonds is 8.